The van der Waals surface area contributed by atoms with Gasteiger partial charge in [-0.15, -0.1) is 0 Å². The Labute approximate surface area is 206 Å². The number of unbranched alkanes of at least 4 members (excludes halogenated alkanes) is 1. The Bertz CT molecular complexity index is 1120. The maximum absolute atomic E-state index is 12.5. The number of hydrogen-bond acceptors (Lipinski definition) is 5. The van der Waals surface area contributed by atoms with Crippen molar-refractivity contribution in [2.75, 3.05) is 37.0 Å². The summed E-state index contributed by atoms with van der Waals surface area (Å²) in [6, 6.07) is 21.6. The van der Waals surface area contributed by atoms with Crippen LogP contribution in [0.15, 0.2) is 78.9 Å². The molecule has 0 saturated carbocycles. The topological polar surface area (TPSA) is 78.9 Å². The third kappa shape index (κ3) is 7.83. The largest absolute Gasteiger partial charge is 0.494 e. The van der Waals surface area contributed by atoms with E-state index in [1.54, 1.807) is 54.6 Å². The lowest BCUT2D eigenvalue weighted by Crippen LogP contribution is -2.20. The molecule has 6 heteroatoms. The van der Waals surface area contributed by atoms with Crippen LogP contribution in [0.25, 0.3) is 6.08 Å². The fourth-order valence-electron chi connectivity index (χ4n) is 3.35. The van der Waals surface area contributed by atoms with E-state index in [0.29, 0.717) is 30.0 Å². The second-order valence-corrected chi connectivity index (χ2v) is 8.19. The van der Waals surface area contributed by atoms with Crippen molar-refractivity contribution in [1.82, 2.24) is 0 Å². The number of aliphatic hydroxyl groups excluding tert-OH is 1. The number of benzene rings is 3. The zero-order valence-corrected chi connectivity index (χ0v) is 20.2. The number of aliphatic hydroxyl groups is 1. The van der Waals surface area contributed by atoms with Gasteiger partial charge in [-0.05, 0) is 78.7 Å². The SMILES string of the molecule is CCCCOc1ccc(C(=O)Nc2ccc(C(=O)/C=C/c3ccc(N(C)CCO)cc3)cc2)cc1. The van der Waals surface area contributed by atoms with Gasteiger partial charge < -0.3 is 20.1 Å². The van der Waals surface area contributed by atoms with Gasteiger partial charge in [-0.1, -0.05) is 31.6 Å². The minimum Gasteiger partial charge on any atom is -0.494 e. The van der Waals surface area contributed by atoms with E-state index in [9.17, 15) is 9.59 Å². The fraction of sp³-hybridized carbons (Fsp3) is 0.241. The van der Waals surface area contributed by atoms with Crippen molar-refractivity contribution in [2.24, 2.45) is 0 Å². The van der Waals surface area contributed by atoms with Gasteiger partial charge >= 0.3 is 0 Å². The van der Waals surface area contributed by atoms with Crippen LogP contribution < -0.4 is 15.0 Å². The monoisotopic (exact) mass is 472 g/mol. The lowest BCUT2D eigenvalue weighted by molar-refractivity contribution is 0.102. The molecule has 182 valence electrons. The lowest BCUT2D eigenvalue weighted by atomic mass is 10.1. The van der Waals surface area contributed by atoms with Crippen LogP contribution in [0.2, 0.25) is 0 Å². The van der Waals surface area contributed by atoms with Crippen LogP contribution in [0, 0.1) is 0 Å². The Hall–Kier alpha value is -3.90. The molecule has 0 heterocycles. The number of rotatable bonds is 12. The first-order valence-corrected chi connectivity index (χ1v) is 11.8. The quantitative estimate of drug-likeness (QED) is 0.208. The van der Waals surface area contributed by atoms with Gasteiger partial charge in [-0.25, -0.2) is 0 Å². The summed E-state index contributed by atoms with van der Waals surface area (Å²) < 4.78 is 5.63. The maximum atomic E-state index is 12.5. The zero-order valence-electron chi connectivity index (χ0n) is 20.2. The van der Waals surface area contributed by atoms with Crippen LogP contribution in [0.4, 0.5) is 11.4 Å². The number of ketones is 1. The number of hydrogen-bond donors (Lipinski definition) is 2. The highest BCUT2D eigenvalue weighted by Gasteiger charge is 2.08. The van der Waals surface area contributed by atoms with Crippen LogP contribution in [-0.4, -0.2) is 43.6 Å². The van der Waals surface area contributed by atoms with E-state index in [-0.39, 0.29) is 18.3 Å². The number of anilines is 2. The van der Waals surface area contributed by atoms with Gasteiger partial charge in [-0.3, -0.25) is 9.59 Å². The third-order valence-electron chi connectivity index (χ3n) is 5.51. The van der Waals surface area contributed by atoms with Crippen molar-refractivity contribution in [3.63, 3.8) is 0 Å². The molecule has 3 rings (SSSR count). The van der Waals surface area contributed by atoms with Crippen molar-refractivity contribution < 1.29 is 19.4 Å². The van der Waals surface area contributed by atoms with Crippen LogP contribution >= 0.6 is 0 Å². The average molecular weight is 473 g/mol. The van der Waals surface area contributed by atoms with Crippen LogP contribution in [-0.2, 0) is 0 Å². The normalized spacial score (nSPS) is 10.8. The number of allylic oxidation sites excluding steroid dienone is 1. The fourth-order valence-corrected chi connectivity index (χ4v) is 3.35. The highest BCUT2D eigenvalue weighted by Crippen LogP contribution is 2.17. The van der Waals surface area contributed by atoms with Gasteiger partial charge in [-0.2, -0.15) is 0 Å². The summed E-state index contributed by atoms with van der Waals surface area (Å²) in [6.07, 6.45) is 5.36. The molecule has 3 aromatic carbocycles. The Morgan fingerprint density at radius 2 is 1.60 bits per heavy atom. The summed E-state index contributed by atoms with van der Waals surface area (Å²) in [5.74, 6) is 0.399. The highest BCUT2D eigenvalue weighted by molar-refractivity contribution is 6.08. The van der Waals surface area contributed by atoms with Crippen molar-refractivity contribution in [1.29, 1.82) is 0 Å². The predicted molar refractivity (Wildman–Crippen MR) is 141 cm³/mol. The van der Waals surface area contributed by atoms with Crippen LogP contribution in [0.5, 0.6) is 5.75 Å². The maximum Gasteiger partial charge on any atom is 0.255 e. The van der Waals surface area contributed by atoms with Gasteiger partial charge in [0.25, 0.3) is 5.91 Å². The smallest absolute Gasteiger partial charge is 0.255 e. The minimum atomic E-state index is -0.225. The molecule has 6 nitrogen and oxygen atoms in total. The standard InChI is InChI=1S/C29H32N2O4/c1-3-4-21-35-27-16-10-24(11-17-27)29(34)30-25-12-8-23(9-13-25)28(33)18-7-22-5-14-26(15-6-22)31(2)19-20-32/h5-18,32H,3-4,19-21H2,1-2H3,(H,30,34)/b18-7+. The van der Waals surface area contributed by atoms with Crippen LogP contribution in [0.1, 0.15) is 46.0 Å². The summed E-state index contributed by atoms with van der Waals surface area (Å²) in [5, 5.41) is 11.9. The molecular formula is C29H32N2O4. The molecule has 0 aliphatic carbocycles. The molecule has 0 aromatic heterocycles. The summed E-state index contributed by atoms with van der Waals surface area (Å²) in [6.45, 7) is 3.43. The van der Waals surface area contributed by atoms with E-state index in [1.165, 1.54) is 6.08 Å². The molecule has 35 heavy (non-hydrogen) atoms. The molecule has 0 radical (unpaired) electrons. The Balaban J connectivity index is 1.54. The van der Waals surface area contributed by atoms with Crippen molar-refractivity contribution in [3.05, 3.63) is 95.6 Å². The number of nitrogens with zero attached hydrogens (tertiary/aromatic N) is 1. The molecule has 3 aromatic rings. The summed E-state index contributed by atoms with van der Waals surface area (Å²) in [7, 11) is 1.91. The van der Waals surface area contributed by atoms with Gasteiger partial charge in [0, 0.05) is 36.1 Å². The first-order chi connectivity index (χ1) is 17.0. The molecular weight excluding hydrogens is 440 g/mol. The second kappa shape index (κ2) is 13.1. The molecule has 0 aliphatic heterocycles. The number of carbonyl (C=O) groups is 2. The number of amides is 1. The van der Waals surface area contributed by atoms with Gasteiger partial charge in [0.2, 0.25) is 0 Å². The van der Waals surface area contributed by atoms with Gasteiger partial charge in [0.15, 0.2) is 5.78 Å². The molecule has 2 N–H and O–H groups in total. The predicted octanol–water partition coefficient (Wildman–Crippen LogP) is 5.44. The molecule has 1 amide bonds. The average Bonchev–Trinajstić information content (AvgIpc) is 2.88. The number of likely N-dealkylation sites (N-methyl/N-ethyl adjacent to an activating group) is 1. The molecule has 0 aliphatic rings. The summed E-state index contributed by atoms with van der Waals surface area (Å²) >= 11 is 0. The summed E-state index contributed by atoms with van der Waals surface area (Å²) in [5.41, 5.74) is 3.58. The number of carbonyl (C=O) groups excluding carboxylic acids is 2. The summed E-state index contributed by atoms with van der Waals surface area (Å²) in [4.78, 5) is 27.0. The van der Waals surface area contributed by atoms with Crippen molar-refractivity contribution in [3.8, 4) is 5.75 Å². The van der Waals surface area contributed by atoms with E-state index in [1.807, 2.05) is 36.2 Å². The molecule has 0 spiro atoms. The van der Waals surface area contributed by atoms with Crippen molar-refractivity contribution >= 4 is 29.1 Å². The van der Waals surface area contributed by atoms with Gasteiger partial charge in [0.05, 0.1) is 13.2 Å². The number of ether oxygens (including phenoxy) is 1. The zero-order chi connectivity index (χ0) is 25.0. The van der Waals surface area contributed by atoms with E-state index in [4.69, 9.17) is 9.84 Å². The van der Waals surface area contributed by atoms with Crippen LogP contribution in [0.3, 0.4) is 0 Å². The first kappa shape index (κ1) is 25.7. The van der Waals surface area contributed by atoms with E-state index < -0.39 is 0 Å². The second-order valence-electron chi connectivity index (χ2n) is 8.19. The van der Waals surface area contributed by atoms with E-state index in [0.717, 1.165) is 29.8 Å². The van der Waals surface area contributed by atoms with E-state index in [2.05, 4.69) is 12.2 Å². The molecule has 0 unspecified atom stereocenters. The van der Waals surface area contributed by atoms with Crippen molar-refractivity contribution in [2.45, 2.75) is 19.8 Å². The highest BCUT2D eigenvalue weighted by atomic mass is 16.5. The van der Waals surface area contributed by atoms with Gasteiger partial charge in [0.1, 0.15) is 5.75 Å². The first-order valence-electron chi connectivity index (χ1n) is 11.8. The Morgan fingerprint density at radius 1 is 0.943 bits per heavy atom. The minimum absolute atomic E-state index is 0.0941. The van der Waals surface area contributed by atoms with E-state index >= 15 is 0 Å². The molecule has 0 saturated heterocycles. The lowest BCUT2D eigenvalue weighted by Gasteiger charge is -2.17. The Morgan fingerprint density at radius 3 is 2.23 bits per heavy atom. The molecule has 0 bridgehead atoms. The third-order valence-corrected chi connectivity index (χ3v) is 5.51. The molecule has 0 fully saturated rings. The Kier molecular flexibility index (Phi) is 9.63. The number of nitrogens with one attached hydrogen (secondary N) is 1. The molecule has 0 atom stereocenters.